The Bertz CT molecular complexity index is 343. The topological polar surface area (TPSA) is 30.0 Å². The largest absolute Gasteiger partial charge is 0.299 e. The SMILES string of the molecule is CC(=O)C1CCCc2sc(C)nc21. The third-order valence-corrected chi connectivity index (χ3v) is 3.60. The van der Waals surface area contributed by atoms with E-state index in [1.165, 1.54) is 4.88 Å². The molecule has 2 rings (SSSR count). The fraction of sp³-hybridized carbons (Fsp3) is 0.600. The summed E-state index contributed by atoms with van der Waals surface area (Å²) in [5.74, 6) is 0.361. The second kappa shape index (κ2) is 3.22. The van der Waals surface area contributed by atoms with Crippen LogP contribution in [0.2, 0.25) is 0 Å². The Hall–Kier alpha value is -0.700. The molecule has 1 aliphatic carbocycles. The normalized spacial score (nSPS) is 21.2. The fourth-order valence-corrected chi connectivity index (χ4v) is 2.98. The molecule has 13 heavy (non-hydrogen) atoms. The minimum Gasteiger partial charge on any atom is -0.299 e. The molecule has 1 aliphatic rings. The maximum atomic E-state index is 11.3. The van der Waals surface area contributed by atoms with Crippen LogP contribution in [-0.2, 0) is 11.2 Å². The zero-order chi connectivity index (χ0) is 9.42. The van der Waals surface area contributed by atoms with Crippen molar-refractivity contribution in [1.82, 2.24) is 4.98 Å². The molecule has 0 aliphatic heterocycles. The fourth-order valence-electron chi connectivity index (χ4n) is 1.94. The van der Waals surface area contributed by atoms with E-state index >= 15 is 0 Å². The number of thiazole rings is 1. The van der Waals surface area contributed by atoms with E-state index < -0.39 is 0 Å². The second-order valence-electron chi connectivity index (χ2n) is 3.60. The van der Waals surface area contributed by atoms with Gasteiger partial charge in [-0.3, -0.25) is 4.79 Å². The predicted molar refractivity (Wildman–Crippen MR) is 53.2 cm³/mol. The number of ketones is 1. The zero-order valence-electron chi connectivity index (χ0n) is 7.96. The summed E-state index contributed by atoms with van der Waals surface area (Å²) >= 11 is 1.75. The summed E-state index contributed by atoms with van der Waals surface area (Å²) < 4.78 is 0. The van der Waals surface area contributed by atoms with Crippen molar-refractivity contribution < 1.29 is 4.79 Å². The summed E-state index contributed by atoms with van der Waals surface area (Å²) in [5.41, 5.74) is 1.07. The number of nitrogens with zero attached hydrogens (tertiary/aromatic N) is 1. The number of aryl methyl sites for hydroxylation is 2. The Morgan fingerprint density at radius 3 is 3.08 bits per heavy atom. The average Bonchev–Trinajstić information content (AvgIpc) is 2.43. The van der Waals surface area contributed by atoms with E-state index in [4.69, 9.17) is 0 Å². The average molecular weight is 195 g/mol. The van der Waals surface area contributed by atoms with Gasteiger partial charge in [-0.05, 0) is 33.1 Å². The van der Waals surface area contributed by atoms with Gasteiger partial charge in [-0.1, -0.05) is 0 Å². The number of Topliss-reactive ketones (excluding diaryl/α,β-unsaturated/α-hetero) is 1. The molecule has 0 N–H and O–H groups in total. The van der Waals surface area contributed by atoms with Gasteiger partial charge in [-0.25, -0.2) is 4.98 Å². The van der Waals surface area contributed by atoms with Crippen LogP contribution in [0.15, 0.2) is 0 Å². The zero-order valence-corrected chi connectivity index (χ0v) is 8.78. The van der Waals surface area contributed by atoms with Gasteiger partial charge in [0.15, 0.2) is 0 Å². The lowest BCUT2D eigenvalue weighted by molar-refractivity contribution is -0.118. The summed E-state index contributed by atoms with van der Waals surface area (Å²) in [5, 5.41) is 1.10. The van der Waals surface area contributed by atoms with Crippen LogP contribution < -0.4 is 0 Å². The highest BCUT2D eigenvalue weighted by molar-refractivity contribution is 7.11. The number of carbonyl (C=O) groups excluding carboxylic acids is 1. The highest BCUT2D eigenvalue weighted by atomic mass is 32.1. The molecule has 1 aromatic heterocycles. The van der Waals surface area contributed by atoms with E-state index in [0.29, 0.717) is 0 Å². The number of aromatic nitrogens is 1. The van der Waals surface area contributed by atoms with E-state index in [9.17, 15) is 4.79 Å². The van der Waals surface area contributed by atoms with Crippen molar-refractivity contribution in [2.45, 2.75) is 39.0 Å². The van der Waals surface area contributed by atoms with Gasteiger partial charge in [0, 0.05) is 4.88 Å². The molecule has 3 heteroatoms. The van der Waals surface area contributed by atoms with E-state index in [2.05, 4.69) is 4.98 Å². The van der Waals surface area contributed by atoms with Crippen molar-refractivity contribution in [2.75, 3.05) is 0 Å². The Morgan fingerprint density at radius 2 is 2.38 bits per heavy atom. The molecule has 0 saturated heterocycles. The molecule has 1 unspecified atom stereocenters. The van der Waals surface area contributed by atoms with E-state index in [1.54, 1.807) is 18.3 Å². The summed E-state index contributed by atoms with van der Waals surface area (Å²) in [7, 11) is 0. The third-order valence-electron chi connectivity index (χ3n) is 2.55. The van der Waals surface area contributed by atoms with Gasteiger partial charge in [0.2, 0.25) is 0 Å². The van der Waals surface area contributed by atoms with Crippen molar-refractivity contribution in [3.8, 4) is 0 Å². The summed E-state index contributed by atoms with van der Waals surface area (Å²) in [4.78, 5) is 17.1. The molecule has 0 saturated carbocycles. The minimum absolute atomic E-state index is 0.0914. The van der Waals surface area contributed by atoms with E-state index in [0.717, 1.165) is 30.0 Å². The molecule has 0 spiro atoms. The van der Waals surface area contributed by atoms with Crippen LogP contribution >= 0.6 is 11.3 Å². The van der Waals surface area contributed by atoms with Crippen LogP contribution in [0, 0.1) is 6.92 Å². The quantitative estimate of drug-likeness (QED) is 0.689. The van der Waals surface area contributed by atoms with Crippen LogP contribution in [0.4, 0.5) is 0 Å². The Balaban J connectivity index is 2.41. The monoisotopic (exact) mass is 195 g/mol. The molecule has 1 atom stereocenters. The molecule has 1 aromatic rings. The Morgan fingerprint density at radius 1 is 1.62 bits per heavy atom. The van der Waals surface area contributed by atoms with Gasteiger partial charge in [0.1, 0.15) is 5.78 Å². The molecular weight excluding hydrogens is 182 g/mol. The highest BCUT2D eigenvalue weighted by Crippen LogP contribution is 2.34. The van der Waals surface area contributed by atoms with Crippen molar-refractivity contribution in [2.24, 2.45) is 0 Å². The molecule has 1 heterocycles. The highest BCUT2D eigenvalue weighted by Gasteiger charge is 2.26. The van der Waals surface area contributed by atoms with Gasteiger partial charge >= 0.3 is 0 Å². The lowest BCUT2D eigenvalue weighted by Gasteiger charge is -2.17. The number of hydrogen-bond donors (Lipinski definition) is 0. The predicted octanol–water partition coefficient (Wildman–Crippen LogP) is 2.46. The van der Waals surface area contributed by atoms with Gasteiger partial charge < -0.3 is 0 Å². The number of rotatable bonds is 1. The van der Waals surface area contributed by atoms with Crippen LogP contribution in [0.25, 0.3) is 0 Å². The lowest BCUT2D eigenvalue weighted by atomic mass is 9.88. The van der Waals surface area contributed by atoms with Crippen LogP contribution in [0.1, 0.15) is 41.3 Å². The van der Waals surface area contributed by atoms with Gasteiger partial charge in [0.25, 0.3) is 0 Å². The lowest BCUT2D eigenvalue weighted by Crippen LogP contribution is -2.15. The first-order chi connectivity index (χ1) is 6.18. The van der Waals surface area contributed by atoms with Crippen LogP contribution in [-0.4, -0.2) is 10.8 Å². The molecule has 0 fully saturated rings. The van der Waals surface area contributed by atoms with Gasteiger partial charge in [-0.15, -0.1) is 11.3 Å². The van der Waals surface area contributed by atoms with Crippen molar-refractivity contribution in [1.29, 1.82) is 0 Å². The minimum atomic E-state index is 0.0914. The number of fused-ring (bicyclic) bond motifs is 1. The molecule has 0 amide bonds. The van der Waals surface area contributed by atoms with Crippen molar-refractivity contribution in [3.63, 3.8) is 0 Å². The molecule has 2 nitrogen and oxygen atoms in total. The molecule has 0 bridgehead atoms. The van der Waals surface area contributed by atoms with Crippen LogP contribution in [0.3, 0.4) is 0 Å². The van der Waals surface area contributed by atoms with Crippen molar-refractivity contribution >= 4 is 17.1 Å². The standard InChI is InChI=1S/C10H13NOS/c1-6(12)8-4-3-5-9-10(8)11-7(2)13-9/h8H,3-5H2,1-2H3. The number of hydrogen-bond acceptors (Lipinski definition) is 3. The van der Waals surface area contributed by atoms with E-state index in [-0.39, 0.29) is 11.7 Å². The first-order valence-electron chi connectivity index (χ1n) is 4.65. The summed E-state index contributed by atoms with van der Waals surface area (Å²) in [6.45, 7) is 3.69. The molecule has 70 valence electrons. The molecular formula is C10H13NOS. The van der Waals surface area contributed by atoms with Gasteiger partial charge in [-0.2, -0.15) is 0 Å². The van der Waals surface area contributed by atoms with Crippen molar-refractivity contribution in [3.05, 3.63) is 15.6 Å². The van der Waals surface area contributed by atoms with E-state index in [1.807, 2.05) is 6.92 Å². The van der Waals surface area contributed by atoms with Gasteiger partial charge in [0.05, 0.1) is 16.6 Å². The molecule has 0 aromatic carbocycles. The third kappa shape index (κ3) is 1.53. The first-order valence-corrected chi connectivity index (χ1v) is 5.47. The first kappa shape index (κ1) is 8.88. The maximum absolute atomic E-state index is 11.3. The maximum Gasteiger partial charge on any atom is 0.138 e. The summed E-state index contributed by atoms with van der Waals surface area (Å²) in [6.07, 6.45) is 3.25. The molecule has 0 radical (unpaired) electrons. The Kier molecular flexibility index (Phi) is 2.20. The smallest absolute Gasteiger partial charge is 0.138 e. The Labute approximate surface area is 82.0 Å². The second-order valence-corrected chi connectivity index (χ2v) is 4.88. The van der Waals surface area contributed by atoms with Crippen LogP contribution in [0.5, 0.6) is 0 Å². The number of carbonyl (C=O) groups is 1. The summed E-state index contributed by atoms with van der Waals surface area (Å²) in [6, 6.07) is 0.